The second kappa shape index (κ2) is 11.0. The first-order valence-corrected chi connectivity index (χ1v) is 24.4. The molecular formula is C48H41NOSi2. The summed E-state index contributed by atoms with van der Waals surface area (Å²) in [6.45, 7) is 14.4. The summed E-state index contributed by atoms with van der Waals surface area (Å²) in [5.41, 5.74) is 16.5. The van der Waals surface area contributed by atoms with Gasteiger partial charge in [-0.1, -0.05) is 141 Å². The fourth-order valence-corrected chi connectivity index (χ4v) is 15.3. The first-order chi connectivity index (χ1) is 25.1. The van der Waals surface area contributed by atoms with Crippen LogP contribution in [0.15, 0.2) is 140 Å². The van der Waals surface area contributed by atoms with E-state index in [1.54, 1.807) is 0 Å². The molecule has 2 nitrogen and oxygen atoms in total. The quantitative estimate of drug-likeness (QED) is 0.170. The predicted molar refractivity (Wildman–Crippen MR) is 226 cm³/mol. The third-order valence-electron chi connectivity index (χ3n) is 12.0. The van der Waals surface area contributed by atoms with Gasteiger partial charge in [0.15, 0.2) is 11.5 Å². The molecule has 0 fully saturated rings. The molecule has 7 aromatic carbocycles. The molecule has 0 saturated heterocycles. The number of benzene rings is 7. The van der Waals surface area contributed by atoms with Crippen molar-refractivity contribution in [2.45, 2.75) is 40.0 Å². The molecule has 10 rings (SSSR count). The van der Waals surface area contributed by atoms with Gasteiger partial charge in [-0.2, -0.15) is 0 Å². The van der Waals surface area contributed by atoms with Crippen LogP contribution in [0.1, 0.15) is 11.1 Å². The van der Waals surface area contributed by atoms with Gasteiger partial charge in [0.1, 0.15) is 16.1 Å². The van der Waals surface area contributed by atoms with Crippen LogP contribution in [-0.2, 0) is 0 Å². The van der Waals surface area contributed by atoms with Gasteiger partial charge < -0.3 is 9.64 Å². The van der Waals surface area contributed by atoms with Crippen molar-refractivity contribution in [3.05, 3.63) is 151 Å². The lowest BCUT2D eigenvalue weighted by Crippen LogP contribution is -2.49. The van der Waals surface area contributed by atoms with E-state index in [4.69, 9.17) is 4.74 Å². The lowest BCUT2D eigenvalue weighted by molar-refractivity contribution is 0.478. The molecule has 0 atom stereocenters. The van der Waals surface area contributed by atoms with Gasteiger partial charge in [-0.25, -0.2) is 0 Å². The van der Waals surface area contributed by atoms with Gasteiger partial charge in [0.05, 0.1) is 11.4 Å². The Morgan fingerprint density at radius 2 is 0.865 bits per heavy atom. The van der Waals surface area contributed by atoms with Crippen molar-refractivity contribution in [2.75, 3.05) is 4.90 Å². The molecular weight excluding hydrogens is 663 g/mol. The lowest BCUT2D eigenvalue weighted by atomic mass is 9.97. The van der Waals surface area contributed by atoms with Crippen molar-refractivity contribution in [3.8, 4) is 56.0 Å². The zero-order valence-electron chi connectivity index (χ0n) is 30.6. The van der Waals surface area contributed by atoms with Crippen LogP contribution in [0.5, 0.6) is 11.5 Å². The Morgan fingerprint density at radius 1 is 0.404 bits per heavy atom. The van der Waals surface area contributed by atoms with E-state index in [1.165, 1.54) is 82.1 Å². The Hall–Kier alpha value is -5.43. The minimum atomic E-state index is -2.02. The standard InChI is InChI=1S/C48H41NOSi2/c1-30-17-22-40(31(2)23-30)49-41-26-38-36-20-18-34(32-13-9-7-10-14-32)24-45(36)51(3,4)47(38)28-43(41)50-44-29-48-39(27-42(44)49)37-21-19-35(25-46(37)52(48,5)6)33-15-11-8-12-16-33/h7-29H,1-6H3. The number of hydrogen-bond donors (Lipinski definition) is 0. The summed E-state index contributed by atoms with van der Waals surface area (Å²) < 4.78 is 7.12. The molecule has 0 spiro atoms. The molecule has 0 amide bonds. The maximum atomic E-state index is 7.12. The SMILES string of the molecule is Cc1ccc(N2c3cc4c(cc3Oc3cc5c(cc32)-c2ccc(-c3ccccc3)cc2[Si]5(C)C)[Si](C)(C)c2cc(-c3ccccc3)ccc2-4)c(C)c1. The summed E-state index contributed by atoms with van der Waals surface area (Å²) in [6.07, 6.45) is 0. The maximum absolute atomic E-state index is 7.12. The smallest absolute Gasteiger partial charge is 0.151 e. The van der Waals surface area contributed by atoms with Crippen molar-refractivity contribution < 1.29 is 4.74 Å². The molecule has 0 bridgehead atoms. The molecule has 3 heterocycles. The number of fused-ring (bicyclic) bond motifs is 8. The molecule has 0 unspecified atom stereocenters. The van der Waals surface area contributed by atoms with E-state index in [-0.39, 0.29) is 0 Å². The average molecular weight is 704 g/mol. The van der Waals surface area contributed by atoms with Gasteiger partial charge in [-0.05, 0) is 115 Å². The molecule has 252 valence electrons. The van der Waals surface area contributed by atoms with E-state index in [1.807, 2.05) is 0 Å². The molecule has 0 aromatic heterocycles. The second-order valence-corrected chi connectivity index (χ2v) is 24.6. The molecule has 4 heteroatoms. The summed E-state index contributed by atoms with van der Waals surface area (Å²) in [5, 5.41) is 5.90. The van der Waals surface area contributed by atoms with Crippen LogP contribution in [0.4, 0.5) is 17.1 Å². The summed E-state index contributed by atoms with van der Waals surface area (Å²) in [4.78, 5) is 2.49. The molecule has 0 N–H and O–H groups in total. The van der Waals surface area contributed by atoms with Crippen molar-refractivity contribution in [1.82, 2.24) is 0 Å². The second-order valence-electron chi connectivity index (χ2n) is 16.0. The minimum absolute atomic E-state index is 0.948. The predicted octanol–water partition coefficient (Wildman–Crippen LogP) is 10.8. The van der Waals surface area contributed by atoms with E-state index in [2.05, 4.69) is 184 Å². The van der Waals surface area contributed by atoms with Crippen LogP contribution < -0.4 is 30.4 Å². The van der Waals surface area contributed by atoms with E-state index >= 15 is 0 Å². The van der Waals surface area contributed by atoms with E-state index < -0.39 is 16.1 Å². The van der Waals surface area contributed by atoms with Crippen molar-refractivity contribution in [2.24, 2.45) is 0 Å². The maximum Gasteiger partial charge on any atom is 0.151 e. The van der Waals surface area contributed by atoms with Gasteiger partial charge in [-0.15, -0.1) is 0 Å². The number of aryl methyl sites for hydroxylation is 2. The molecule has 7 aromatic rings. The number of anilines is 3. The highest BCUT2D eigenvalue weighted by Crippen LogP contribution is 2.54. The highest BCUT2D eigenvalue weighted by atomic mass is 28.3. The normalized spacial score (nSPS) is 15.2. The van der Waals surface area contributed by atoms with Gasteiger partial charge in [0.25, 0.3) is 0 Å². The van der Waals surface area contributed by atoms with Gasteiger partial charge in [0.2, 0.25) is 0 Å². The molecule has 3 aliphatic rings. The Balaban J connectivity index is 1.17. The van der Waals surface area contributed by atoms with Crippen LogP contribution >= 0.6 is 0 Å². The Morgan fingerprint density at radius 3 is 1.33 bits per heavy atom. The minimum Gasteiger partial charge on any atom is -0.453 e. The molecule has 52 heavy (non-hydrogen) atoms. The third kappa shape index (κ3) is 4.47. The van der Waals surface area contributed by atoms with Crippen molar-refractivity contribution in [3.63, 3.8) is 0 Å². The summed E-state index contributed by atoms with van der Waals surface area (Å²) in [7, 11) is -4.05. The first kappa shape index (κ1) is 31.3. The van der Waals surface area contributed by atoms with Crippen LogP contribution in [0.2, 0.25) is 26.2 Å². The van der Waals surface area contributed by atoms with Gasteiger partial charge in [0, 0.05) is 5.69 Å². The van der Waals surface area contributed by atoms with Gasteiger partial charge >= 0.3 is 0 Å². The third-order valence-corrected chi connectivity index (χ3v) is 19.1. The fraction of sp³-hybridized carbons (Fsp3) is 0.125. The topological polar surface area (TPSA) is 12.5 Å². The van der Waals surface area contributed by atoms with Crippen LogP contribution in [0.25, 0.3) is 44.5 Å². The number of hydrogen-bond acceptors (Lipinski definition) is 2. The van der Waals surface area contributed by atoms with E-state index in [0.717, 1.165) is 22.9 Å². The zero-order chi connectivity index (χ0) is 35.5. The molecule has 0 saturated carbocycles. The van der Waals surface area contributed by atoms with E-state index in [9.17, 15) is 0 Å². The number of ether oxygens (including phenoxy) is 1. The Bertz CT molecular complexity index is 2470. The number of nitrogens with zero attached hydrogens (tertiary/aromatic N) is 1. The summed E-state index contributed by atoms with van der Waals surface area (Å²) in [6, 6.07) is 52.3. The Kier molecular flexibility index (Phi) is 6.65. The summed E-state index contributed by atoms with van der Waals surface area (Å²) >= 11 is 0. The molecule has 3 aliphatic heterocycles. The van der Waals surface area contributed by atoms with Crippen molar-refractivity contribution >= 4 is 54.0 Å². The van der Waals surface area contributed by atoms with Crippen LogP contribution in [0.3, 0.4) is 0 Å². The Labute approximate surface area is 309 Å². The largest absolute Gasteiger partial charge is 0.453 e. The van der Waals surface area contributed by atoms with Crippen LogP contribution in [0, 0.1) is 13.8 Å². The monoisotopic (exact) mass is 703 g/mol. The lowest BCUT2D eigenvalue weighted by Gasteiger charge is -2.36. The fourth-order valence-electron chi connectivity index (χ4n) is 9.20. The van der Waals surface area contributed by atoms with Crippen LogP contribution in [-0.4, -0.2) is 16.1 Å². The highest BCUT2D eigenvalue weighted by molar-refractivity contribution is 7.04. The number of rotatable bonds is 3. The average Bonchev–Trinajstić information content (AvgIpc) is 3.51. The molecule has 0 aliphatic carbocycles. The van der Waals surface area contributed by atoms with E-state index in [0.29, 0.717) is 0 Å². The van der Waals surface area contributed by atoms with Gasteiger partial charge in [-0.3, -0.25) is 0 Å². The molecule has 0 radical (unpaired) electrons. The highest BCUT2D eigenvalue weighted by Gasteiger charge is 2.43. The zero-order valence-corrected chi connectivity index (χ0v) is 32.6. The van der Waals surface area contributed by atoms with Crippen molar-refractivity contribution in [1.29, 1.82) is 0 Å². The first-order valence-electron chi connectivity index (χ1n) is 18.4. The summed E-state index contributed by atoms with van der Waals surface area (Å²) in [5.74, 6) is 1.90.